The second-order valence-corrected chi connectivity index (χ2v) is 5.37. The lowest BCUT2D eigenvalue weighted by Crippen LogP contribution is -2.29. The van der Waals surface area contributed by atoms with Gasteiger partial charge in [-0.1, -0.05) is 19.1 Å². The fourth-order valence-corrected chi connectivity index (χ4v) is 2.65. The molecule has 3 N–H and O–H groups in total. The molecule has 0 saturated carbocycles. The maximum Gasteiger partial charge on any atom is 0.193 e. The third-order valence-electron chi connectivity index (χ3n) is 3.88. The molecule has 0 fully saturated rings. The number of halogens is 1. The zero-order valence-electron chi connectivity index (χ0n) is 12.7. The van der Waals surface area contributed by atoms with Crippen LogP contribution in [0.25, 0.3) is 0 Å². The minimum atomic E-state index is 0. The Labute approximate surface area is 148 Å². The minimum Gasteiger partial charge on any atom is -0.370 e. The number of hydrogen-bond acceptors (Lipinski definition) is 2. The van der Waals surface area contributed by atoms with Crippen LogP contribution in [0, 0.1) is 0 Å². The number of nitrogens with zero attached hydrogens (tertiary/aromatic N) is 3. The highest BCUT2D eigenvalue weighted by Gasteiger charge is 2.18. The summed E-state index contributed by atoms with van der Waals surface area (Å²) in [5, 5.41) is 3.16. The van der Waals surface area contributed by atoms with E-state index < -0.39 is 0 Å². The number of hydrogen-bond donors (Lipinski definition) is 2. The molecule has 3 rings (SSSR count). The van der Waals surface area contributed by atoms with Gasteiger partial charge in [0.2, 0.25) is 0 Å². The number of anilines is 1. The van der Waals surface area contributed by atoms with Crippen molar-refractivity contribution in [2.75, 3.05) is 5.32 Å². The monoisotopic (exact) mass is 411 g/mol. The van der Waals surface area contributed by atoms with E-state index in [1.807, 2.05) is 24.5 Å². The van der Waals surface area contributed by atoms with Crippen LogP contribution in [0.2, 0.25) is 0 Å². The van der Waals surface area contributed by atoms with Gasteiger partial charge >= 0.3 is 0 Å². The van der Waals surface area contributed by atoms with Gasteiger partial charge in [0.05, 0.1) is 6.04 Å². The first-order valence-electron chi connectivity index (χ1n) is 7.44. The number of imidazole rings is 1. The maximum absolute atomic E-state index is 6.01. The molecule has 118 valence electrons. The normalized spacial score (nSPS) is 17.5. The van der Waals surface area contributed by atoms with Crippen molar-refractivity contribution in [2.45, 2.75) is 38.8 Å². The molecule has 22 heavy (non-hydrogen) atoms. The largest absolute Gasteiger partial charge is 0.370 e. The van der Waals surface area contributed by atoms with Gasteiger partial charge in [0.1, 0.15) is 5.82 Å². The van der Waals surface area contributed by atoms with Crippen molar-refractivity contribution in [2.24, 2.45) is 10.7 Å². The maximum atomic E-state index is 6.01. The van der Waals surface area contributed by atoms with E-state index in [0.717, 1.165) is 37.3 Å². The van der Waals surface area contributed by atoms with Gasteiger partial charge in [-0.15, -0.1) is 24.0 Å². The summed E-state index contributed by atoms with van der Waals surface area (Å²) >= 11 is 0. The van der Waals surface area contributed by atoms with Gasteiger partial charge in [-0.2, -0.15) is 0 Å². The standard InChI is InChI=1S/C16H21N5.HI/c1-2-12-3-5-13(6-4-12)19-16(17)20-14-7-9-21-10-8-18-15(21)11-14;/h3-6,8,10,14H,2,7,9,11H2,1H3,(H3,17,19,20);1H. The second-order valence-electron chi connectivity index (χ2n) is 5.37. The van der Waals surface area contributed by atoms with Crippen LogP contribution in [0.4, 0.5) is 5.69 Å². The Morgan fingerprint density at radius 1 is 1.41 bits per heavy atom. The lowest BCUT2D eigenvalue weighted by Gasteiger charge is -2.20. The summed E-state index contributed by atoms with van der Waals surface area (Å²) in [5.74, 6) is 1.57. The fraction of sp³-hybridized carbons (Fsp3) is 0.375. The number of benzene rings is 1. The average Bonchev–Trinajstić information content (AvgIpc) is 2.95. The summed E-state index contributed by atoms with van der Waals surface area (Å²) in [4.78, 5) is 8.93. The number of aromatic nitrogens is 2. The van der Waals surface area contributed by atoms with Crippen molar-refractivity contribution < 1.29 is 0 Å². The number of aliphatic imine (C=N–C) groups is 1. The summed E-state index contributed by atoms with van der Waals surface area (Å²) in [7, 11) is 0. The third kappa shape index (κ3) is 4.00. The topological polar surface area (TPSA) is 68.2 Å². The Balaban J connectivity index is 0.00000176. The van der Waals surface area contributed by atoms with E-state index >= 15 is 0 Å². The van der Waals surface area contributed by atoms with Crippen LogP contribution in [0.3, 0.4) is 0 Å². The lowest BCUT2D eigenvalue weighted by molar-refractivity contribution is 0.465. The van der Waals surface area contributed by atoms with Gasteiger partial charge in [0, 0.05) is 31.0 Å². The Hall–Kier alpha value is -1.57. The predicted octanol–water partition coefficient (Wildman–Crippen LogP) is 2.81. The summed E-state index contributed by atoms with van der Waals surface area (Å²) < 4.78 is 2.18. The number of aryl methyl sites for hydroxylation is 2. The highest BCUT2D eigenvalue weighted by molar-refractivity contribution is 14.0. The molecule has 0 saturated heterocycles. The van der Waals surface area contributed by atoms with Crippen LogP contribution in [-0.2, 0) is 19.4 Å². The first-order chi connectivity index (χ1) is 10.2. The molecule has 1 aromatic heterocycles. The molecule has 1 aliphatic rings. The predicted molar refractivity (Wildman–Crippen MR) is 101 cm³/mol. The molecule has 6 heteroatoms. The number of nitrogens with one attached hydrogen (secondary N) is 1. The highest BCUT2D eigenvalue weighted by atomic mass is 127. The van der Waals surface area contributed by atoms with E-state index in [1.54, 1.807) is 0 Å². The first-order valence-corrected chi connectivity index (χ1v) is 7.44. The van der Waals surface area contributed by atoms with Crippen molar-refractivity contribution in [3.8, 4) is 0 Å². The number of nitrogens with two attached hydrogens (primary N) is 1. The van der Waals surface area contributed by atoms with Gasteiger partial charge in [-0.05, 0) is 30.5 Å². The molecule has 1 unspecified atom stereocenters. The molecule has 5 nitrogen and oxygen atoms in total. The van der Waals surface area contributed by atoms with Crippen LogP contribution < -0.4 is 11.1 Å². The van der Waals surface area contributed by atoms with Crippen LogP contribution in [-0.4, -0.2) is 21.6 Å². The summed E-state index contributed by atoms with van der Waals surface area (Å²) in [6.45, 7) is 3.10. The van der Waals surface area contributed by atoms with Crippen LogP contribution in [0.5, 0.6) is 0 Å². The Kier molecular flexibility index (Phi) is 5.82. The molecular weight excluding hydrogens is 389 g/mol. The summed E-state index contributed by atoms with van der Waals surface area (Å²) in [5.41, 5.74) is 8.31. The van der Waals surface area contributed by atoms with Gasteiger partial charge in [-0.25, -0.2) is 9.98 Å². The second kappa shape index (κ2) is 7.62. The molecule has 0 spiro atoms. The smallest absolute Gasteiger partial charge is 0.193 e. The van der Waals surface area contributed by atoms with Gasteiger partial charge in [0.25, 0.3) is 0 Å². The van der Waals surface area contributed by atoms with E-state index in [9.17, 15) is 0 Å². The van der Waals surface area contributed by atoms with Crippen molar-refractivity contribution in [1.82, 2.24) is 9.55 Å². The molecule has 1 aromatic carbocycles. The highest BCUT2D eigenvalue weighted by Crippen LogP contribution is 2.16. The average molecular weight is 411 g/mol. The zero-order valence-corrected chi connectivity index (χ0v) is 15.0. The lowest BCUT2D eigenvalue weighted by atomic mass is 10.1. The summed E-state index contributed by atoms with van der Waals surface area (Å²) in [6, 6.07) is 8.49. The van der Waals surface area contributed by atoms with Gasteiger partial charge in [-0.3, -0.25) is 0 Å². The number of fused-ring (bicyclic) bond motifs is 1. The molecular formula is C16H22IN5. The van der Waals surface area contributed by atoms with Crippen LogP contribution >= 0.6 is 24.0 Å². The van der Waals surface area contributed by atoms with E-state index in [4.69, 9.17) is 5.73 Å². The zero-order chi connectivity index (χ0) is 14.7. The van der Waals surface area contributed by atoms with Crippen molar-refractivity contribution in [1.29, 1.82) is 0 Å². The van der Waals surface area contributed by atoms with Crippen LogP contribution in [0.1, 0.15) is 24.7 Å². The molecule has 0 radical (unpaired) electrons. The molecule has 0 amide bonds. The molecule has 2 heterocycles. The number of rotatable bonds is 3. The van der Waals surface area contributed by atoms with Crippen molar-refractivity contribution >= 4 is 35.6 Å². The molecule has 1 atom stereocenters. The van der Waals surface area contributed by atoms with E-state index in [0.29, 0.717) is 5.96 Å². The molecule has 0 aliphatic carbocycles. The minimum absolute atomic E-state index is 0. The third-order valence-corrected chi connectivity index (χ3v) is 3.88. The fourth-order valence-electron chi connectivity index (χ4n) is 2.65. The van der Waals surface area contributed by atoms with Gasteiger partial charge < -0.3 is 15.6 Å². The molecule has 1 aliphatic heterocycles. The Morgan fingerprint density at radius 3 is 2.91 bits per heavy atom. The van der Waals surface area contributed by atoms with E-state index in [2.05, 4.69) is 38.9 Å². The van der Waals surface area contributed by atoms with Crippen molar-refractivity contribution in [3.63, 3.8) is 0 Å². The Bertz CT molecular complexity index is 632. The van der Waals surface area contributed by atoms with E-state index in [-0.39, 0.29) is 30.0 Å². The number of guanidine groups is 1. The summed E-state index contributed by atoms with van der Waals surface area (Å²) in [6.07, 6.45) is 6.76. The SMILES string of the molecule is CCc1ccc(NC(N)=NC2CCn3ccnc3C2)cc1.I. The Morgan fingerprint density at radius 2 is 2.18 bits per heavy atom. The first kappa shape index (κ1) is 16.8. The van der Waals surface area contributed by atoms with Gasteiger partial charge in [0.15, 0.2) is 5.96 Å². The van der Waals surface area contributed by atoms with Crippen molar-refractivity contribution in [3.05, 3.63) is 48.0 Å². The quantitative estimate of drug-likeness (QED) is 0.464. The molecule has 0 bridgehead atoms. The molecule has 2 aromatic rings. The van der Waals surface area contributed by atoms with E-state index in [1.165, 1.54) is 5.56 Å². The van der Waals surface area contributed by atoms with Crippen LogP contribution in [0.15, 0.2) is 41.7 Å².